The molecule has 1 saturated carbocycles. The van der Waals surface area contributed by atoms with Gasteiger partial charge >= 0.3 is 10.3 Å². The van der Waals surface area contributed by atoms with Crippen molar-refractivity contribution in [2.45, 2.75) is 42.9 Å². The molecule has 1 aliphatic carbocycles. The number of ketones is 1. The molecule has 0 spiro atoms. The van der Waals surface area contributed by atoms with Gasteiger partial charge in [-0.05, 0) is 54.7 Å². The molecule has 1 unspecified atom stereocenters. The minimum atomic E-state index is -4.09. The van der Waals surface area contributed by atoms with E-state index in [1.807, 2.05) is 36.9 Å². The van der Waals surface area contributed by atoms with Crippen molar-refractivity contribution in [3.63, 3.8) is 0 Å². The molecule has 196 valence electrons. The molecule has 9 nitrogen and oxygen atoms in total. The quantitative estimate of drug-likeness (QED) is 0.338. The van der Waals surface area contributed by atoms with Crippen LogP contribution in [0.2, 0.25) is 5.02 Å². The number of aryl methyl sites for hydroxylation is 1. The Bertz CT molecular complexity index is 1450. The molecule has 2 aliphatic rings. The van der Waals surface area contributed by atoms with Gasteiger partial charge in [-0.2, -0.15) is 8.42 Å². The zero-order valence-electron chi connectivity index (χ0n) is 19.8. The Labute approximate surface area is 228 Å². The van der Waals surface area contributed by atoms with E-state index in [0.29, 0.717) is 34.1 Å². The zero-order valence-corrected chi connectivity index (χ0v) is 23.0. The minimum absolute atomic E-state index is 0.118. The number of hydrogen-bond donors (Lipinski definition) is 3. The van der Waals surface area contributed by atoms with Gasteiger partial charge in [-0.25, -0.2) is 15.1 Å². The lowest BCUT2D eigenvalue weighted by Crippen LogP contribution is -2.24. The van der Waals surface area contributed by atoms with Crippen LogP contribution >= 0.6 is 34.7 Å². The van der Waals surface area contributed by atoms with Gasteiger partial charge in [0.05, 0.1) is 28.4 Å². The van der Waals surface area contributed by atoms with Gasteiger partial charge in [0.1, 0.15) is 12.1 Å². The number of carbonyl (C=O) groups excluding carboxylic acids is 1. The van der Waals surface area contributed by atoms with Gasteiger partial charge in [-0.3, -0.25) is 8.98 Å². The van der Waals surface area contributed by atoms with Gasteiger partial charge < -0.3 is 10.4 Å². The highest BCUT2D eigenvalue weighted by molar-refractivity contribution is 7.99. The SMILES string of the molecule is Cc1sc(C(=O)c2cncnc2N[C@@H]2C[C@H](COS(N)(=O)=O)[C@@H](O)C2)cc1C1SCc2ccc(Cl)cc21. The van der Waals surface area contributed by atoms with Crippen molar-refractivity contribution >= 4 is 56.6 Å². The molecule has 13 heteroatoms. The van der Waals surface area contributed by atoms with Gasteiger partial charge in [-0.1, -0.05) is 17.7 Å². The van der Waals surface area contributed by atoms with Crippen LogP contribution in [-0.4, -0.2) is 48.0 Å². The van der Waals surface area contributed by atoms with E-state index in [1.54, 1.807) is 0 Å². The molecule has 2 aromatic heterocycles. The number of aliphatic hydroxyl groups excluding tert-OH is 1. The third-order valence-electron chi connectivity index (χ3n) is 6.66. The monoisotopic (exact) mass is 580 g/mol. The molecule has 0 radical (unpaired) electrons. The smallest absolute Gasteiger partial charge is 0.333 e. The molecule has 4 atom stereocenters. The second-order valence-corrected chi connectivity index (χ2v) is 13.2. The Morgan fingerprint density at radius 3 is 2.89 bits per heavy atom. The third-order valence-corrected chi connectivity index (χ3v) is 9.74. The largest absolute Gasteiger partial charge is 0.393 e. The number of thioether (sulfide) groups is 1. The standard InChI is InChI=1S/C24H25ClN4O5S3/c1-12-17(23-18-5-15(25)3-2-13(18)10-35-23)7-21(36-12)22(31)19-8-27-11-28-24(19)29-16-4-14(20(30)6-16)9-34-37(26,32)33/h2-3,5,7-8,11,14,16,20,23,30H,4,6,9-10H2,1H3,(H2,26,32,33)(H,27,28,29)/t14-,16-,20+,23?/m1/s1. The number of rotatable bonds is 8. The number of aliphatic hydroxyl groups is 1. The topological polar surface area (TPSA) is 144 Å². The number of hydrogen-bond acceptors (Lipinski definition) is 10. The number of benzene rings is 1. The lowest BCUT2D eigenvalue weighted by molar-refractivity contribution is 0.101. The second kappa shape index (κ2) is 10.6. The maximum Gasteiger partial charge on any atom is 0.333 e. The summed E-state index contributed by atoms with van der Waals surface area (Å²) >= 11 is 9.52. The maximum atomic E-state index is 13.6. The van der Waals surface area contributed by atoms with Crippen LogP contribution in [0.15, 0.2) is 36.8 Å². The van der Waals surface area contributed by atoms with E-state index >= 15 is 0 Å². The Hall–Kier alpha value is -2.06. The third kappa shape index (κ3) is 5.85. The summed E-state index contributed by atoms with van der Waals surface area (Å²) in [6.07, 6.45) is 2.84. The van der Waals surface area contributed by atoms with E-state index in [9.17, 15) is 18.3 Å². The molecule has 0 amide bonds. The number of halogens is 1. The summed E-state index contributed by atoms with van der Waals surface area (Å²) in [7, 11) is -4.09. The van der Waals surface area contributed by atoms with Gasteiger partial charge in [0.15, 0.2) is 0 Å². The zero-order chi connectivity index (χ0) is 26.3. The second-order valence-electron chi connectivity index (χ2n) is 9.19. The van der Waals surface area contributed by atoms with Gasteiger partial charge in [0.2, 0.25) is 5.78 Å². The molecule has 1 aromatic carbocycles. The van der Waals surface area contributed by atoms with Crippen molar-refractivity contribution in [1.82, 2.24) is 9.97 Å². The summed E-state index contributed by atoms with van der Waals surface area (Å²) in [5, 5.41) is 19.3. The number of nitrogens with one attached hydrogen (secondary N) is 1. The summed E-state index contributed by atoms with van der Waals surface area (Å²) in [5.74, 6) is 0.654. The van der Waals surface area contributed by atoms with Crippen LogP contribution in [0, 0.1) is 12.8 Å². The molecule has 3 aromatic rings. The summed E-state index contributed by atoms with van der Waals surface area (Å²) in [4.78, 5) is 23.6. The van der Waals surface area contributed by atoms with E-state index in [0.717, 1.165) is 16.2 Å². The molecular formula is C24H25ClN4O5S3. The van der Waals surface area contributed by atoms with Gasteiger partial charge in [0.25, 0.3) is 0 Å². The Morgan fingerprint density at radius 2 is 2.11 bits per heavy atom. The van der Waals surface area contributed by atoms with E-state index in [1.165, 1.54) is 35.0 Å². The van der Waals surface area contributed by atoms with Crippen LogP contribution in [0.1, 0.15) is 54.9 Å². The van der Waals surface area contributed by atoms with Crippen LogP contribution < -0.4 is 10.5 Å². The number of aromatic nitrogens is 2. The molecule has 3 heterocycles. The molecule has 37 heavy (non-hydrogen) atoms. The number of nitrogens with two attached hydrogens (primary N) is 1. The number of anilines is 1. The molecule has 1 fully saturated rings. The van der Waals surface area contributed by atoms with Crippen molar-refractivity contribution in [2.24, 2.45) is 11.1 Å². The number of nitrogens with zero attached hydrogens (tertiary/aromatic N) is 2. The molecular weight excluding hydrogens is 556 g/mol. The molecule has 5 rings (SSSR count). The number of thiophene rings is 1. The summed E-state index contributed by atoms with van der Waals surface area (Å²) in [6, 6.07) is 7.68. The van der Waals surface area contributed by atoms with E-state index in [2.05, 4.69) is 25.5 Å². The lowest BCUT2D eigenvalue weighted by Gasteiger charge is -2.15. The van der Waals surface area contributed by atoms with Crippen molar-refractivity contribution in [1.29, 1.82) is 0 Å². The first-order valence-corrected chi connectivity index (χ1v) is 15.3. The Kier molecular flexibility index (Phi) is 7.60. The first-order chi connectivity index (χ1) is 17.6. The minimum Gasteiger partial charge on any atom is -0.393 e. The van der Waals surface area contributed by atoms with E-state index < -0.39 is 22.3 Å². The number of fused-ring (bicyclic) bond motifs is 1. The summed E-state index contributed by atoms with van der Waals surface area (Å²) in [6.45, 7) is 1.81. The first-order valence-electron chi connectivity index (χ1n) is 11.6. The summed E-state index contributed by atoms with van der Waals surface area (Å²) < 4.78 is 26.9. The highest BCUT2D eigenvalue weighted by Crippen LogP contribution is 2.49. The van der Waals surface area contributed by atoms with Gasteiger partial charge in [-0.15, -0.1) is 23.1 Å². The van der Waals surface area contributed by atoms with Crippen LogP contribution in [0.5, 0.6) is 0 Å². The Balaban J connectivity index is 1.34. The average molecular weight is 581 g/mol. The van der Waals surface area contributed by atoms with E-state index in [-0.39, 0.29) is 23.7 Å². The highest BCUT2D eigenvalue weighted by Gasteiger charge is 2.35. The van der Waals surface area contributed by atoms with Crippen LogP contribution in [-0.2, 0) is 20.2 Å². The fourth-order valence-corrected chi connectivity index (χ4v) is 7.91. The normalized spacial score (nSPS) is 23.2. The van der Waals surface area contributed by atoms with Crippen LogP contribution in [0.3, 0.4) is 0 Å². The van der Waals surface area contributed by atoms with E-state index in [4.69, 9.17) is 16.7 Å². The van der Waals surface area contributed by atoms with Gasteiger partial charge in [0, 0.05) is 33.8 Å². The predicted octanol–water partition coefficient (Wildman–Crippen LogP) is 3.84. The molecule has 4 N–H and O–H groups in total. The summed E-state index contributed by atoms with van der Waals surface area (Å²) in [5.41, 5.74) is 3.87. The predicted molar refractivity (Wildman–Crippen MR) is 144 cm³/mol. The first kappa shape index (κ1) is 26.5. The Morgan fingerprint density at radius 1 is 1.30 bits per heavy atom. The van der Waals surface area contributed by atoms with Crippen LogP contribution in [0.25, 0.3) is 0 Å². The lowest BCUT2D eigenvalue weighted by atomic mass is 10.00. The van der Waals surface area contributed by atoms with Crippen molar-refractivity contribution < 1.29 is 22.5 Å². The van der Waals surface area contributed by atoms with Crippen molar-refractivity contribution in [3.05, 3.63) is 73.8 Å². The average Bonchev–Trinajstić information content (AvgIpc) is 3.53. The van der Waals surface area contributed by atoms with Crippen LogP contribution in [0.4, 0.5) is 5.82 Å². The highest BCUT2D eigenvalue weighted by atomic mass is 35.5. The maximum absolute atomic E-state index is 13.6. The molecule has 1 aliphatic heterocycles. The molecule has 0 saturated heterocycles. The van der Waals surface area contributed by atoms with Crippen molar-refractivity contribution in [3.8, 4) is 0 Å². The fraction of sp³-hybridized carbons (Fsp3) is 0.375. The molecule has 0 bridgehead atoms. The van der Waals surface area contributed by atoms with Crippen molar-refractivity contribution in [2.75, 3.05) is 11.9 Å². The fourth-order valence-electron chi connectivity index (χ4n) is 4.85. The number of carbonyl (C=O) groups is 1.